The molecule has 5 rings (SSSR count). The van der Waals surface area contributed by atoms with Gasteiger partial charge < -0.3 is 5.11 Å². The molecule has 1 heterocycles. The Morgan fingerprint density at radius 1 is 1.17 bits per heavy atom. The van der Waals surface area contributed by atoms with Gasteiger partial charge in [-0.1, -0.05) is 36.6 Å². The van der Waals surface area contributed by atoms with Crippen molar-refractivity contribution in [1.82, 2.24) is 0 Å². The summed E-state index contributed by atoms with van der Waals surface area (Å²) in [6.07, 6.45) is 6.77. The second kappa shape index (κ2) is 7.45. The summed E-state index contributed by atoms with van der Waals surface area (Å²) < 4.78 is 0. The van der Waals surface area contributed by atoms with Crippen molar-refractivity contribution in [2.24, 2.45) is 16.9 Å². The van der Waals surface area contributed by atoms with Gasteiger partial charge in [-0.25, -0.2) is 9.64 Å². The molecule has 0 spiro atoms. The molecule has 2 aromatic rings. The minimum Gasteiger partial charge on any atom is -0.478 e. The van der Waals surface area contributed by atoms with Gasteiger partial charge in [0, 0.05) is 16.5 Å². The summed E-state index contributed by atoms with van der Waals surface area (Å²) in [5.74, 6) is 0.0132. The summed E-state index contributed by atoms with van der Waals surface area (Å²) in [4.78, 5) is 14.9. The number of carbonyl (C=O) groups is 1. The summed E-state index contributed by atoms with van der Waals surface area (Å²) in [5, 5.41) is 17.0. The van der Waals surface area contributed by atoms with E-state index in [0.29, 0.717) is 28.1 Å². The van der Waals surface area contributed by atoms with Gasteiger partial charge >= 0.3 is 5.97 Å². The Morgan fingerprint density at radius 3 is 2.67 bits per heavy atom. The van der Waals surface area contributed by atoms with Crippen LogP contribution in [-0.4, -0.2) is 22.8 Å². The molecule has 0 radical (unpaired) electrons. The molecule has 1 fully saturated rings. The Hall–Kier alpha value is -2.84. The van der Waals surface area contributed by atoms with Crippen LogP contribution >= 0.6 is 11.6 Å². The van der Waals surface area contributed by atoms with E-state index in [1.807, 2.05) is 18.2 Å². The molecule has 152 valence electrons. The maximum atomic E-state index is 11.4. The predicted molar refractivity (Wildman–Crippen MR) is 118 cm³/mol. The Kier molecular flexibility index (Phi) is 4.75. The molecule has 2 aliphatic carbocycles. The fourth-order valence-electron chi connectivity index (χ4n) is 5.43. The highest BCUT2D eigenvalue weighted by Gasteiger charge is 2.45. The first-order chi connectivity index (χ1) is 14.6. The van der Waals surface area contributed by atoms with Crippen LogP contribution in [0.5, 0.6) is 0 Å². The molecule has 1 saturated carbocycles. The standard InChI is InChI=1S/C24H22ClN3O2/c1-26-21-11-8-17(13-20(21)25)28-23(14-4-2-3-5-14)19-10-6-15-12-16(24(29)30)7-9-18(15)22(19)27-28/h7-9,11-14,19,23H,2-6,10H2,(H,29,30)/t19-,23-/m0/s1. The Balaban J connectivity index is 1.59. The second-order valence-corrected chi connectivity index (χ2v) is 8.84. The van der Waals surface area contributed by atoms with E-state index in [2.05, 4.69) is 9.85 Å². The maximum absolute atomic E-state index is 11.4. The molecule has 2 atom stereocenters. The molecule has 5 nitrogen and oxygen atoms in total. The lowest BCUT2D eigenvalue weighted by atomic mass is 9.75. The lowest BCUT2D eigenvalue weighted by molar-refractivity contribution is 0.0696. The number of benzene rings is 2. The van der Waals surface area contributed by atoms with E-state index >= 15 is 0 Å². The molecular formula is C24H22ClN3O2. The van der Waals surface area contributed by atoms with Crippen molar-refractivity contribution in [3.05, 3.63) is 69.5 Å². The normalized spacial score (nSPS) is 22.9. The molecule has 0 unspecified atom stereocenters. The zero-order valence-corrected chi connectivity index (χ0v) is 17.3. The van der Waals surface area contributed by atoms with Gasteiger partial charge in [0.25, 0.3) is 0 Å². The molecule has 0 amide bonds. The molecule has 3 aliphatic rings. The van der Waals surface area contributed by atoms with Gasteiger partial charge in [-0.2, -0.15) is 5.10 Å². The van der Waals surface area contributed by atoms with Crippen LogP contribution in [0, 0.1) is 18.4 Å². The van der Waals surface area contributed by atoms with E-state index in [1.165, 1.54) is 25.7 Å². The number of hydrazone groups is 1. The summed E-state index contributed by atoms with van der Waals surface area (Å²) in [5.41, 5.74) is 4.92. The van der Waals surface area contributed by atoms with E-state index in [9.17, 15) is 9.90 Å². The Morgan fingerprint density at radius 2 is 1.97 bits per heavy atom. The van der Waals surface area contributed by atoms with Gasteiger partial charge in [0.1, 0.15) is 0 Å². The van der Waals surface area contributed by atoms with Gasteiger partial charge in [-0.15, -0.1) is 0 Å². The largest absolute Gasteiger partial charge is 0.478 e. The van der Waals surface area contributed by atoms with Crippen molar-refractivity contribution in [2.45, 2.75) is 44.6 Å². The van der Waals surface area contributed by atoms with Crippen LogP contribution in [0.1, 0.15) is 53.6 Å². The summed E-state index contributed by atoms with van der Waals surface area (Å²) in [6, 6.07) is 11.2. The van der Waals surface area contributed by atoms with Crippen LogP contribution < -0.4 is 5.01 Å². The van der Waals surface area contributed by atoms with Crippen molar-refractivity contribution in [3.63, 3.8) is 0 Å². The minimum atomic E-state index is -0.895. The second-order valence-electron chi connectivity index (χ2n) is 8.43. The van der Waals surface area contributed by atoms with Crippen molar-refractivity contribution < 1.29 is 9.90 Å². The first kappa shape index (κ1) is 19.1. The third-order valence-electron chi connectivity index (χ3n) is 6.81. The smallest absolute Gasteiger partial charge is 0.335 e. The maximum Gasteiger partial charge on any atom is 0.335 e. The molecule has 0 aromatic heterocycles. The molecular weight excluding hydrogens is 398 g/mol. The molecule has 1 N–H and O–H groups in total. The zero-order valence-electron chi connectivity index (χ0n) is 16.5. The van der Waals surface area contributed by atoms with Gasteiger partial charge in [-0.3, -0.25) is 5.01 Å². The zero-order chi connectivity index (χ0) is 20.8. The Labute approximate surface area is 180 Å². The first-order valence-corrected chi connectivity index (χ1v) is 10.9. The first-order valence-electron chi connectivity index (χ1n) is 10.5. The third kappa shape index (κ3) is 3.07. The summed E-state index contributed by atoms with van der Waals surface area (Å²) in [7, 11) is 0. The highest BCUT2D eigenvalue weighted by atomic mass is 35.5. The fraction of sp³-hybridized carbons (Fsp3) is 0.375. The number of rotatable bonds is 3. The van der Waals surface area contributed by atoms with Gasteiger partial charge in [0.2, 0.25) is 5.69 Å². The van der Waals surface area contributed by atoms with Crippen LogP contribution in [0.3, 0.4) is 0 Å². The number of hydrogen-bond acceptors (Lipinski definition) is 3. The van der Waals surface area contributed by atoms with Gasteiger partial charge in [0.15, 0.2) is 0 Å². The van der Waals surface area contributed by atoms with Crippen LogP contribution in [0.25, 0.3) is 4.85 Å². The van der Waals surface area contributed by atoms with Gasteiger partial charge in [0.05, 0.1) is 29.6 Å². The number of carboxylic acid groups (broad SMARTS) is 1. The summed E-state index contributed by atoms with van der Waals surface area (Å²) >= 11 is 6.35. The topological polar surface area (TPSA) is 57.3 Å². The highest BCUT2D eigenvalue weighted by molar-refractivity contribution is 6.33. The predicted octanol–water partition coefficient (Wildman–Crippen LogP) is 5.93. The number of halogens is 1. The number of anilines is 1. The van der Waals surface area contributed by atoms with Crippen molar-refractivity contribution >= 4 is 34.7 Å². The number of hydrogen-bond donors (Lipinski definition) is 1. The Bertz CT molecular complexity index is 1100. The van der Waals surface area contributed by atoms with E-state index in [4.69, 9.17) is 23.3 Å². The molecule has 0 bridgehead atoms. The number of aryl methyl sites for hydroxylation is 1. The highest BCUT2D eigenvalue weighted by Crippen LogP contribution is 2.45. The van der Waals surface area contributed by atoms with E-state index < -0.39 is 5.97 Å². The fourth-order valence-corrected chi connectivity index (χ4v) is 5.65. The van der Waals surface area contributed by atoms with Crippen molar-refractivity contribution in [1.29, 1.82) is 0 Å². The molecule has 30 heavy (non-hydrogen) atoms. The van der Waals surface area contributed by atoms with Crippen LogP contribution in [0.2, 0.25) is 5.02 Å². The lowest BCUT2D eigenvalue weighted by Crippen LogP contribution is -2.40. The summed E-state index contributed by atoms with van der Waals surface area (Å²) in [6.45, 7) is 7.26. The van der Waals surface area contributed by atoms with Crippen LogP contribution in [0.15, 0.2) is 41.5 Å². The average molecular weight is 420 g/mol. The molecule has 2 aromatic carbocycles. The molecule has 1 aliphatic heterocycles. The van der Waals surface area contributed by atoms with Crippen molar-refractivity contribution in [2.75, 3.05) is 5.01 Å². The van der Waals surface area contributed by atoms with E-state index in [1.54, 1.807) is 18.2 Å². The van der Waals surface area contributed by atoms with E-state index in [0.717, 1.165) is 35.4 Å². The number of nitrogens with zero attached hydrogens (tertiary/aromatic N) is 3. The molecule has 0 saturated heterocycles. The third-order valence-corrected chi connectivity index (χ3v) is 7.12. The van der Waals surface area contributed by atoms with Crippen LogP contribution in [0.4, 0.5) is 11.4 Å². The number of fused-ring (bicyclic) bond motifs is 3. The average Bonchev–Trinajstić information content (AvgIpc) is 3.40. The van der Waals surface area contributed by atoms with E-state index in [-0.39, 0.29) is 6.04 Å². The monoisotopic (exact) mass is 419 g/mol. The SMILES string of the molecule is [C-]#[N+]c1ccc(N2N=C3c4ccc(C(=O)O)cc4CC[C@@H]3[C@@H]2C2CCCC2)cc1Cl. The van der Waals surface area contributed by atoms with Crippen molar-refractivity contribution in [3.8, 4) is 0 Å². The number of carboxylic acids is 1. The molecule has 6 heteroatoms. The number of aromatic carboxylic acids is 1. The van der Waals surface area contributed by atoms with Crippen LogP contribution in [-0.2, 0) is 6.42 Å². The minimum absolute atomic E-state index is 0.282. The quantitative estimate of drug-likeness (QED) is 0.627. The van der Waals surface area contributed by atoms with Gasteiger partial charge in [-0.05, 0) is 61.4 Å². The lowest BCUT2D eigenvalue weighted by Gasteiger charge is -2.34.